The Balaban J connectivity index is 2.01. The van der Waals surface area contributed by atoms with Gasteiger partial charge in [-0.2, -0.15) is 0 Å². The Morgan fingerprint density at radius 3 is 2.45 bits per heavy atom. The molecule has 9 nitrogen and oxygen atoms in total. The summed E-state index contributed by atoms with van der Waals surface area (Å²) in [6, 6.07) is 7.56. The van der Waals surface area contributed by atoms with Gasteiger partial charge in [0.15, 0.2) is 5.76 Å². The van der Waals surface area contributed by atoms with Crippen LogP contribution in [0.25, 0.3) is 0 Å². The van der Waals surface area contributed by atoms with Gasteiger partial charge >= 0.3 is 5.97 Å². The van der Waals surface area contributed by atoms with Crippen molar-refractivity contribution in [3.8, 4) is 5.75 Å². The highest BCUT2D eigenvalue weighted by molar-refractivity contribution is 5.89. The van der Waals surface area contributed by atoms with Crippen molar-refractivity contribution in [2.75, 3.05) is 40.5 Å². The molecule has 1 fully saturated rings. The van der Waals surface area contributed by atoms with E-state index in [-0.39, 0.29) is 30.5 Å². The Hall–Kier alpha value is -3.17. The molecule has 1 aromatic heterocycles. The predicted octanol–water partition coefficient (Wildman–Crippen LogP) is 1.66. The van der Waals surface area contributed by atoms with Crippen LogP contribution < -0.4 is 5.43 Å². The van der Waals surface area contributed by atoms with Crippen LogP contribution in [0.15, 0.2) is 39.5 Å². The van der Waals surface area contributed by atoms with Crippen LogP contribution in [-0.4, -0.2) is 62.4 Å². The highest BCUT2D eigenvalue weighted by Crippen LogP contribution is 2.34. The minimum atomic E-state index is -0.744. The van der Waals surface area contributed by atoms with Gasteiger partial charge in [0.1, 0.15) is 12.4 Å². The Morgan fingerprint density at radius 1 is 1.16 bits per heavy atom. The number of rotatable bonds is 7. The molecule has 2 aromatic rings. The molecule has 0 unspecified atom stereocenters. The van der Waals surface area contributed by atoms with Gasteiger partial charge in [0.05, 0.1) is 31.8 Å². The van der Waals surface area contributed by atoms with Gasteiger partial charge in [-0.05, 0) is 17.7 Å². The zero-order chi connectivity index (χ0) is 22.4. The first-order chi connectivity index (χ1) is 14.9. The lowest BCUT2D eigenvalue weighted by molar-refractivity contribution is -0.135. The molecule has 0 aliphatic carbocycles. The van der Waals surface area contributed by atoms with Crippen molar-refractivity contribution >= 4 is 11.9 Å². The van der Waals surface area contributed by atoms with Crippen LogP contribution in [0, 0.1) is 0 Å². The van der Waals surface area contributed by atoms with Gasteiger partial charge in [-0.25, -0.2) is 4.79 Å². The van der Waals surface area contributed by atoms with E-state index in [1.54, 1.807) is 29.2 Å². The molecule has 31 heavy (non-hydrogen) atoms. The van der Waals surface area contributed by atoms with Crippen LogP contribution in [0.4, 0.5) is 0 Å². The van der Waals surface area contributed by atoms with E-state index in [2.05, 4.69) is 0 Å². The van der Waals surface area contributed by atoms with Crippen LogP contribution in [0.2, 0.25) is 0 Å². The maximum absolute atomic E-state index is 13.0. The molecule has 1 amide bonds. The lowest BCUT2D eigenvalue weighted by Gasteiger charge is -2.28. The molecule has 9 heteroatoms. The molecular formula is C22H25NO8. The van der Waals surface area contributed by atoms with Gasteiger partial charge in [0, 0.05) is 32.7 Å². The molecule has 3 rings (SSSR count). The number of ether oxygens (including phenoxy) is 3. The SMILES string of the molecule is COCc1cc(=O)c(O)c([C@H](CC(=O)N2CCOCC2)c2ccc(C(=O)OC)cc2)o1. The van der Waals surface area contributed by atoms with Gasteiger partial charge in [0.25, 0.3) is 0 Å². The lowest BCUT2D eigenvalue weighted by atomic mass is 9.91. The minimum Gasteiger partial charge on any atom is -0.502 e. The Kier molecular flexibility index (Phi) is 7.43. The largest absolute Gasteiger partial charge is 0.502 e. The molecular weight excluding hydrogens is 406 g/mol. The second kappa shape index (κ2) is 10.2. The van der Waals surface area contributed by atoms with E-state index in [0.29, 0.717) is 37.4 Å². The predicted molar refractivity (Wildman–Crippen MR) is 109 cm³/mol. The fourth-order valence-electron chi connectivity index (χ4n) is 3.45. The topological polar surface area (TPSA) is 116 Å². The van der Waals surface area contributed by atoms with Gasteiger partial charge < -0.3 is 28.6 Å². The summed E-state index contributed by atoms with van der Waals surface area (Å²) in [5.41, 5.74) is 0.314. The van der Waals surface area contributed by atoms with Crippen molar-refractivity contribution in [1.82, 2.24) is 4.90 Å². The first-order valence-corrected chi connectivity index (χ1v) is 9.83. The Labute approximate surface area is 179 Å². The summed E-state index contributed by atoms with van der Waals surface area (Å²) in [7, 11) is 2.74. The zero-order valence-corrected chi connectivity index (χ0v) is 17.5. The number of amides is 1. The summed E-state index contributed by atoms with van der Waals surface area (Å²) in [5.74, 6) is -1.75. The average molecular weight is 431 g/mol. The van der Waals surface area contributed by atoms with Crippen molar-refractivity contribution in [3.05, 3.63) is 63.2 Å². The van der Waals surface area contributed by atoms with E-state index in [0.717, 1.165) is 6.07 Å². The molecule has 0 radical (unpaired) electrons. The number of methoxy groups -OCH3 is 2. The highest BCUT2D eigenvalue weighted by Gasteiger charge is 2.29. The second-order valence-corrected chi connectivity index (χ2v) is 7.09. The number of morpholine rings is 1. The monoisotopic (exact) mass is 431 g/mol. The van der Waals surface area contributed by atoms with Crippen LogP contribution in [0.5, 0.6) is 5.75 Å². The summed E-state index contributed by atoms with van der Waals surface area (Å²) in [6.45, 7) is 1.87. The Morgan fingerprint density at radius 2 is 1.84 bits per heavy atom. The maximum atomic E-state index is 13.0. The van der Waals surface area contributed by atoms with Crippen molar-refractivity contribution in [3.63, 3.8) is 0 Å². The van der Waals surface area contributed by atoms with E-state index in [9.17, 15) is 19.5 Å². The normalized spacial score (nSPS) is 14.8. The van der Waals surface area contributed by atoms with Crippen molar-refractivity contribution < 1.29 is 33.3 Å². The first-order valence-electron chi connectivity index (χ1n) is 9.83. The molecule has 0 saturated carbocycles. The third kappa shape index (κ3) is 5.31. The van der Waals surface area contributed by atoms with Crippen molar-refractivity contribution in [2.45, 2.75) is 18.9 Å². The van der Waals surface area contributed by atoms with Crippen molar-refractivity contribution in [2.24, 2.45) is 0 Å². The van der Waals surface area contributed by atoms with Crippen LogP contribution in [-0.2, 0) is 25.6 Å². The quantitative estimate of drug-likeness (QED) is 0.658. The zero-order valence-electron chi connectivity index (χ0n) is 17.5. The number of aromatic hydroxyl groups is 1. The second-order valence-electron chi connectivity index (χ2n) is 7.09. The molecule has 1 aliphatic rings. The van der Waals surface area contributed by atoms with E-state index < -0.39 is 23.1 Å². The fraction of sp³-hybridized carbons (Fsp3) is 0.409. The number of carbonyl (C=O) groups is 2. The molecule has 0 spiro atoms. The van der Waals surface area contributed by atoms with E-state index in [1.807, 2.05) is 0 Å². The van der Waals surface area contributed by atoms with Crippen molar-refractivity contribution in [1.29, 1.82) is 0 Å². The summed E-state index contributed by atoms with van der Waals surface area (Å²) in [6.07, 6.45) is -0.0372. The standard InChI is InChI=1S/C22H25NO8/c1-28-13-16-11-18(24)20(26)21(31-16)17(12-19(25)23-7-9-30-10-8-23)14-3-5-15(6-4-14)22(27)29-2/h3-6,11,17,26H,7-10,12-13H2,1-2H3/t17-/m1/s1. The number of esters is 1. The van der Waals surface area contributed by atoms with Crippen LogP contribution in [0.3, 0.4) is 0 Å². The summed E-state index contributed by atoms with van der Waals surface area (Å²) in [5, 5.41) is 10.5. The number of hydrogen-bond acceptors (Lipinski definition) is 8. The molecule has 1 aliphatic heterocycles. The van der Waals surface area contributed by atoms with E-state index >= 15 is 0 Å². The van der Waals surface area contributed by atoms with Gasteiger partial charge in [-0.3, -0.25) is 9.59 Å². The highest BCUT2D eigenvalue weighted by atomic mass is 16.5. The average Bonchev–Trinajstić information content (AvgIpc) is 2.80. The van der Waals surface area contributed by atoms with E-state index in [1.165, 1.54) is 14.2 Å². The van der Waals surface area contributed by atoms with Crippen LogP contribution in [0.1, 0.15) is 39.8 Å². The summed E-state index contributed by atoms with van der Waals surface area (Å²) in [4.78, 5) is 38.7. The molecule has 2 heterocycles. The molecule has 1 aromatic carbocycles. The van der Waals surface area contributed by atoms with Gasteiger partial charge in [-0.15, -0.1) is 0 Å². The molecule has 1 N–H and O–H groups in total. The fourth-order valence-corrected chi connectivity index (χ4v) is 3.45. The maximum Gasteiger partial charge on any atom is 0.337 e. The lowest BCUT2D eigenvalue weighted by Crippen LogP contribution is -2.41. The number of benzene rings is 1. The van der Waals surface area contributed by atoms with Gasteiger partial charge in [-0.1, -0.05) is 12.1 Å². The number of nitrogens with zero attached hydrogens (tertiary/aromatic N) is 1. The molecule has 166 valence electrons. The van der Waals surface area contributed by atoms with E-state index in [4.69, 9.17) is 18.6 Å². The summed E-state index contributed by atoms with van der Waals surface area (Å²) >= 11 is 0. The first kappa shape index (κ1) is 22.5. The molecule has 1 saturated heterocycles. The number of hydrogen-bond donors (Lipinski definition) is 1. The molecule has 0 bridgehead atoms. The smallest absolute Gasteiger partial charge is 0.337 e. The summed E-state index contributed by atoms with van der Waals surface area (Å²) < 4.78 is 20.8. The van der Waals surface area contributed by atoms with Crippen LogP contribution >= 0.6 is 0 Å². The third-order valence-corrected chi connectivity index (χ3v) is 5.08. The minimum absolute atomic E-state index is 0.0213. The number of carbonyl (C=O) groups excluding carboxylic acids is 2. The third-order valence-electron chi connectivity index (χ3n) is 5.08. The molecule has 1 atom stereocenters. The van der Waals surface area contributed by atoms with Gasteiger partial charge in [0.2, 0.25) is 17.1 Å². The Bertz CT molecular complexity index is 976.